The van der Waals surface area contributed by atoms with Crippen molar-refractivity contribution in [2.24, 2.45) is 0 Å². The molecule has 0 atom stereocenters. The normalized spacial score (nSPS) is 11.9. The van der Waals surface area contributed by atoms with E-state index in [1.165, 1.54) is 16.2 Å². The van der Waals surface area contributed by atoms with Gasteiger partial charge in [0, 0.05) is 28.8 Å². The van der Waals surface area contributed by atoms with Crippen LogP contribution in [0.4, 0.5) is 0 Å². The third-order valence-electron chi connectivity index (χ3n) is 6.16. The van der Waals surface area contributed by atoms with Crippen molar-refractivity contribution < 1.29 is 4.42 Å². The van der Waals surface area contributed by atoms with Gasteiger partial charge in [-0.3, -0.25) is 9.13 Å². The molecule has 0 saturated carbocycles. The predicted molar refractivity (Wildman–Crippen MR) is 130 cm³/mol. The van der Waals surface area contributed by atoms with E-state index in [2.05, 4.69) is 91.9 Å². The van der Waals surface area contributed by atoms with Crippen LogP contribution < -0.4 is 0 Å². The van der Waals surface area contributed by atoms with Crippen molar-refractivity contribution in [2.75, 3.05) is 0 Å². The zero-order valence-electron chi connectivity index (χ0n) is 18.1. The number of para-hydroxylation sites is 3. The second-order valence-corrected chi connectivity index (χ2v) is 8.22. The highest BCUT2D eigenvalue weighted by atomic mass is 16.4. The van der Waals surface area contributed by atoms with Gasteiger partial charge >= 0.3 is 0 Å². The van der Waals surface area contributed by atoms with Crippen molar-refractivity contribution in [2.45, 2.75) is 13.8 Å². The van der Waals surface area contributed by atoms with Gasteiger partial charge in [-0.2, -0.15) is 4.98 Å². The Balaban J connectivity index is 1.78. The Hall–Kier alpha value is -4.45. The Bertz CT molecular complexity index is 1840. The Kier molecular flexibility index (Phi) is 3.59. The van der Waals surface area contributed by atoms with E-state index in [0.717, 1.165) is 28.2 Å². The molecule has 7 rings (SSSR count). The summed E-state index contributed by atoms with van der Waals surface area (Å²) < 4.78 is 10.3. The molecule has 0 aliphatic carbocycles. The minimum absolute atomic E-state index is 0.503. The van der Waals surface area contributed by atoms with Crippen molar-refractivity contribution in [1.82, 2.24) is 24.1 Å². The molecule has 0 amide bonds. The number of aryl methyl sites for hydroxylation is 2. The first kappa shape index (κ1) is 18.2. The molecule has 0 aliphatic rings. The molecule has 0 fully saturated rings. The predicted octanol–water partition coefficient (Wildman–Crippen LogP) is 6.28. The summed E-state index contributed by atoms with van der Waals surface area (Å²) in [4.78, 5) is 14.0. The molecule has 4 heterocycles. The van der Waals surface area contributed by atoms with Crippen LogP contribution in [0.5, 0.6) is 0 Å². The highest BCUT2D eigenvalue weighted by Crippen LogP contribution is 2.41. The van der Waals surface area contributed by atoms with Crippen LogP contribution in [-0.2, 0) is 0 Å². The number of aromatic nitrogens is 5. The van der Waals surface area contributed by atoms with Crippen LogP contribution in [0.15, 0.2) is 83.3 Å². The van der Waals surface area contributed by atoms with Crippen molar-refractivity contribution in [3.63, 3.8) is 0 Å². The fourth-order valence-electron chi connectivity index (χ4n) is 4.92. The number of benzene rings is 3. The zero-order chi connectivity index (χ0) is 22.1. The van der Waals surface area contributed by atoms with Crippen LogP contribution in [0.25, 0.3) is 55.6 Å². The number of hydrogen-bond donors (Lipinski definition) is 0. The zero-order valence-corrected chi connectivity index (χ0v) is 18.1. The number of nitrogens with zero attached hydrogens (tertiary/aromatic N) is 5. The third-order valence-corrected chi connectivity index (χ3v) is 6.16. The van der Waals surface area contributed by atoms with Gasteiger partial charge in [-0.25, -0.2) is 9.97 Å². The molecule has 7 aromatic rings. The van der Waals surface area contributed by atoms with Gasteiger partial charge in [0.25, 0.3) is 5.71 Å². The standard InChI is InChI=1S/C27H19N5O/c1-16-28-25(24-26(29-16)33-17(2)30-24)32-22-15-9-7-13-20(22)23-19-12-6-8-14-21(19)31(27(23)32)18-10-4-3-5-11-18/h3-15H,1-2H3. The molecule has 0 radical (unpaired) electrons. The van der Waals surface area contributed by atoms with E-state index in [4.69, 9.17) is 9.40 Å². The lowest BCUT2D eigenvalue weighted by Crippen LogP contribution is -2.05. The molecule has 0 saturated heterocycles. The highest BCUT2D eigenvalue weighted by Gasteiger charge is 2.24. The maximum Gasteiger partial charge on any atom is 0.252 e. The van der Waals surface area contributed by atoms with E-state index in [1.54, 1.807) is 0 Å². The lowest BCUT2D eigenvalue weighted by atomic mass is 10.1. The van der Waals surface area contributed by atoms with Gasteiger partial charge in [0.05, 0.1) is 11.0 Å². The molecule has 33 heavy (non-hydrogen) atoms. The van der Waals surface area contributed by atoms with Gasteiger partial charge in [-0.15, -0.1) is 0 Å². The molecule has 6 heteroatoms. The molecule has 0 aliphatic heterocycles. The number of hydrogen-bond acceptors (Lipinski definition) is 4. The summed E-state index contributed by atoms with van der Waals surface area (Å²) in [5, 5.41) is 3.56. The smallest absolute Gasteiger partial charge is 0.252 e. The first-order valence-corrected chi connectivity index (χ1v) is 10.9. The average Bonchev–Trinajstić information content (AvgIpc) is 3.47. The first-order chi connectivity index (χ1) is 16.2. The van der Waals surface area contributed by atoms with Gasteiger partial charge in [0.2, 0.25) is 0 Å². The topological polar surface area (TPSA) is 61.7 Å². The van der Waals surface area contributed by atoms with Gasteiger partial charge in [-0.1, -0.05) is 54.6 Å². The number of oxazole rings is 1. The van der Waals surface area contributed by atoms with E-state index in [-0.39, 0.29) is 0 Å². The van der Waals surface area contributed by atoms with Crippen LogP contribution in [-0.4, -0.2) is 24.1 Å². The first-order valence-electron chi connectivity index (χ1n) is 10.9. The maximum absolute atomic E-state index is 5.80. The molecular formula is C27H19N5O. The van der Waals surface area contributed by atoms with E-state index < -0.39 is 0 Å². The molecule has 0 unspecified atom stereocenters. The number of rotatable bonds is 2. The molecule has 4 aromatic heterocycles. The molecule has 0 bridgehead atoms. The van der Waals surface area contributed by atoms with Gasteiger partial charge in [0.15, 0.2) is 17.2 Å². The minimum atomic E-state index is 0.503. The van der Waals surface area contributed by atoms with Crippen molar-refractivity contribution in [1.29, 1.82) is 0 Å². The summed E-state index contributed by atoms with van der Waals surface area (Å²) in [6.07, 6.45) is 0. The average molecular weight is 429 g/mol. The summed E-state index contributed by atoms with van der Waals surface area (Å²) in [6, 6.07) is 27.4. The molecule has 3 aromatic carbocycles. The van der Waals surface area contributed by atoms with Gasteiger partial charge in [0.1, 0.15) is 11.5 Å². The summed E-state index contributed by atoms with van der Waals surface area (Å²) in [7, 11) is 0. The van der Waals surface area contributed by atoms with Crippen molar-refractivity contribution in [3.05, 3.63) is 90.6 Å². The molecule has 0 spiro atoms. The lowest BCUT2D eigenvalue weighted by Gasteiger charge is -2.12. The summed E-state index contributed by atoms with van der Waals surface area (Å²) >= 11 is 0. The molecule has 0 N–H and O–H groups in total. The Morgan fingerprint density at radius 3 is 2.03 bits per heavy atom. The Morgan fingerprint density at radius 2 is 1.30 bits per heavy atom. The summed E-state index contributed by atoms with van der Waals surface area (Å²) in [5.41, 5.74) is 5.51. The van der Waals surface area contributed by atoms with Crippen molar-refractivity contribution in [3.8, 4) is 11.5 Å². The van der Waals surface area contributed by atoms with Crippen LogP contribution in [0.2, 0.25) is 0 Å². The van der Waals surface area contributed by atoms with Crippen LogP contribution in [0, 0.1) is 13.8 Å². The van der Waals surface area contributed by atoms with E-state index in [9.17, 15) is 0 Å². The van der Waals surface area contributed by atoms with Crippen LogP contribution in [0.3, 0.4) is 0 Å². The minimum Gasteiger partial charge on any atom is -0.422 e. The van der Waals surface area contributed by atoms with E-state index >= 15 is 0 Å². The van der Waals surface area contributed by atoms with E-state index in [1.807, 2.05) is 19.9 Å². The quantitative estimate of drug-likeness (QED) is 0.325. The SMILES string of the molecule is Cc1nc(-n2c3ccccc3c3c4ccccc4n(-c4ccccc4)c32)c2nc(C)oc2n1. The second-order valence-electron chi connectivity index (χ2n) is 8.22. The van der Waals surface area contributed by atoms with Gasteiger partial charge < -0.3 is 4.42 Å². The Labute approximate surface area is 188 Å². The van der Waals surface area contributed by atoms with Crippen LogP contribution in [0.1, 0.15) is 11.7 Å². The summed E-state index contributed by atoms with van der Waals surface area (Å²) in [5.74, 6) is 1.94. The Morgan fingerprint density at radius 1 is 0.667 bits per heavy atom. The number of fused-ring (bicyclic) bond motifs is 6. The fraction of sp³-hybridized carbons (Fsp3) is 0.0741. The second kappa shape index (κ2) is 6.53. The fourth-order valence-corrected chi connectivity index (χ4v) is 4.92. The summed E-state index contributed by atoms with van der Waals surface area (Å²) in [6.45, 7) is 3.72. The van der Waals surface area contributed by atoms with E-state index in [0.29, 0.717) is 22.9 Å². The highest BCUT2D eigenvalue weighted by molar-refractivity contribution is 6.22. The largest absolute Gasteiger partial charge is 0.422 e. The van der Waals surface area contributed by atoms with Crippen LogP contribution >= 0.6 is 0 Å². The lowest BCUT2D eigenvalue weighted by molar-refractivity contribution is 0.550. The van der Waals surface area contributed by atoms with Crippen molar-refractivity contribution >= 4 is 44.1 Å². The van der Waals surface area contributed by atoms with Gasteiger partial charge in [-0.05, 0) is 31.2 Å². The molecule has 6 nitrogen and oxygen atoms in total. The molecular weight excluding hydrogens is 410 g/mol. The monoisotopic (exact) mass is 429 g/mol. The maximum atomic E-state index is 5.80. The third kappa shape index (κ3) is 2.46. The molecule has 158 valence electrons.